The van der Waals surface area contributed by atoms with Crippen molar-refractivity contribution in [3.8, 4) is 0 Å². The Morgan fingerprint density at radius 2 is 1.72 bits per heavy atom. The molecule has 2 heterocycles. The highest BCUT2D eigenvalue weighted by molar-refractivity contribution is 6.39. The van der Waals surface area contributed by atoms with Gasteiger partial charge in [-0.15, -0.1) is 0 Å². The number of likely N-dealkylation sites (tertiary alicyclic amines) is 1. The number of hydrogen-bond donors (Lipinski definition) is 2. The molecule has 0 radical (unpaired) electrons. The Bertz CT molecular complexity index is 951. The van der Waals surface area contributed by atoms with Crippen LogP contribution in [0.4, 0.5) is 11.4 Å². The SMILES string of the molecule is CCc1ccc(NC(=O)C(=O)NC[C@H](c2ccc3c(c2)CCN3C)N2CCCCC2)cc1. The van der Waals surface area contributed by atoms with Crippen molar-refractivity contribution in [2.24, 2.45) is 0 Å². The first-order valence-corrected chi connectivity index (χ1v) is 11.8. The predicted octanol–water partition coefficient (Wildman–Crippen LogP) is 3.52. The number of amides is 2. The van der Waals surface area contributed by atoms with E-state index in [2.05, 4.69) is 52.6 Å². The van der Waals surface area contributed by atoms with E-state index in [9.17, 15) is 9.59 Å². The van der Waals surface area contributed by atoms with Gasteiger partial charge in [-0.25, -0.2) is 0 Å². The van der Waals surface area contributed by atoms with Crippen LogP contribution in [0.3, 0.4) is 0 Å². The van der Waals surface area contributed by atoms with Crippen LogP contribution in [0.5, 0.6) is 0 Å². The van der Waals surface area contributed by atoms with Gasteiger partial charge < -0.3 is 15.5 Å². The number of fused-ring (bicyclic) bond motifs is 1. The summed E-state index contributed by atoms with van der Waals surface area (Å²) in [5.41, 5.74) is 5.71. The van der Waals surface area contributed by atoms with Crippen LogP contribution in [-0.4, -0.2) is 49.9 Å². The van der Waals surface area contributed by atoms with E-state index < -0.39 is 11.8 Å². The summed E-state index contributed by atoms with van der Waals surface area (Å²) in [6, 6.07) is 14.3. The topological polar surface area (TPSA) is 64.7 Å². The van der Waals surface area contributed by atoms with E-state index in [0.29, 0.717) is 12.2 Å². The molecule has 170 valence electrons. The lowest BCUT2D eigenvalue weighted by molar-refractivity contribution is -0.136. The number of piperidine rings is 1. The summed E-state index contributed by atoms with van der Waals surface area (Å²) in [6.45, 7) is 5.60. The molecule has 2 aliphatic rings. The molecule has 1 saturated heterocycles. The lowest BCUT2D eigenvalue weighted by atomic mass is 9.98. The quantitative estimate of drug-likeness (QED) is 0.683. The number of carbonyl (C=O) groups excluding carboxylic acids is 2. The minimum absolute atomic E-state index is 0.0760. The molecule has 1 fully saturated rings. The van der Waals surface area contributed by atoms with Crippen LogP contribution >= 0.6 is 0 Å². The van der Waals surface area contributed by atoms with Crippen molar-refractivity contribution in [2.45, 2.75) is 45.1 Å². The van der Waals surface area contributed by atoms with Crippen molar-refractivity contribution in [1.82, 2.24) is 10.2 Å². The van der Waals surface area contributed by atoms with Crippen molar-refractivity contribution in [3.63, 3.8) is 0 Å². The summed E-state index contributed by atoms with van der Waals surface area (Å²) in [4.78, 5) is 29.7. The molecule has 2 aromatic rings. The Labute approximate surface area is 191 Å². The molecule has 0 aliphatic carbocycles. The minimum Gasteiger partial charge on any atom is -0.374 e. The maximum absolute atomic E-state index is 12.6. The first-order chi connectivity index (χ1) is 15.5. The zero-order valence-electron chi connectivity index (χ0n) is 19.2. The second-order valence-electron chi connectivity index (χ2n) is 8.89. The van der Waals surface area contributed by atoms with Crippen LogP contribution in [0.15, 0.2) is 42.5 Å². The fourth-order valence-corrected chi connectivity index (χ4v) is 4.76. The van der Waals surface area contributed by atoms with Crippen molar-refractivity contribution in [3.05, 3.63) is 59.2 Å². The molecule has 0 bridgehead atoms. The fourth-order valence-electron chi connectivity index (χ4n) is 4.76. The van der Waals surface area contributed by atoms with Gasteiger partial charge in [0, 0.05) is 31.5 Å². The summed E-state index contributed by atoms with van der Waals surface area (Å²) >= 11 is 0. The van der Waals surface area contributed by atoms with Gasteiger partial charge >= 0.3 is 11.8 Å². The molecule has 0 unspecified atom stereocenters. The second kappa shape index (κ2) is 10.2. The molecule has 0 saturated carbocycles. The number of likely N-dealkylation sites (N-methyl/N-ethyl adjacent to an activating group) is 1. The first kappa shape index (κ1) is 22.3. The lowest BCUT2D eigenvalue weighted by Gasteiger charge is -2.35. The van der Waals surface area contributed by atoms with Crippen molar-refractivity contribution in [1.29, 1.82) is 0 Å². The molecule has 1 atom stereocenters. The van der Waals surface area contributed by atoms with Crippen molar-refractivity contribution < 1.29 is 9.59 Å². The Balaban J connectivity index is 1.42. The summed E-state index contributed by atoms with van der Waals surface area (Å²) in [5, 5.41) is 5.60. The van der Waals surface area contributed by atoms with Gasteiger partial charge in [-0.1, -0.05) is 37.6 Å². The summed E-state index contributed by atoms with van der Waals surface area (Å²) in [5.74, 6) is -1.21. The molecule has 2 N–H and O–H groups in total. The first-order valence-electron chi connectivity index (χ1n) is 11.8. The molecule has 0 aromatic heterocycles. The number of rotatable bonds is 6. The largest absolute Gasteiger partial charge is 0.374 e. The van der Waals surface area contributed by atoms with E-state index >= 15 is 0 Å². The number of hydrogen-bond acceptors (Lipinski definition) is 4. The van der Waals surface area contributed by atoms with E-state index in [1.807, 2.05) is 24.3 Å². The third-order valence-corrected chi connectivity index (χ3v) is 6.73. The maximum Gasteiger partial charge on any atom is 0.313 e. The smallest absolute Gasteiger partial charge is 0.313 e. The molecule has 2 amide bonds. The molecule has 2 aliphatic heterocycles. The van der Waals surface area contributed by atoms with E-state index in [4.69, 9.17) is 0 Å². The second-order valence-corrected chi connectivity index (χ2v) is 8.89. The van der Waals surface area contributed by atoms with E-state index in [-0.39, 0.29) is 6.04 Å². The molecule has 0 spiro atoms. The van der Waals surface area contributed by atoms with Crippen LogP contribution in [0.1, 0.15) is 48.9 Å². The molecule has 2 aromatic carbocycles. The number of aryl methyl sites for hydroxylation is 1. The van der Waals surface area contributed by atoms with Gasteiger partial charge in [-0.2, -0.15) is 0 Å². The van der Waals surface area contributed by atoms with Gasteiger partial charge in [-0.3, -0.25) is 14.5 Å². The number of anilines is 2. The van der Waals surface area contributed by atoms with Gasteiger partial charge in [-0.05, 0) is 73.7 Å². The normalized spacial score (nSPS) is 17.0. The summed E-state index contributed by atoms with van der Waals surface area (Å²) < 4.78 is 0. The summed E-state index contributed by atoms with van der Waals surface area (Å²) in [6.07, 6.45) is 5.59. The highest BCUT2D eigenvalue weighted by Gasteiger charge is 2.26. The number of nitrogens with zero attached hydrogens (tertiary/aromatic N) is 2. The minimum atomic E-state index is -0.623. The van der Waals surface area contributed by atoms with Gasteiger partial charge in [0.25, 0.3) is 0 Å². The van der Waals surface area contributed by atoms with Crippen LogP contribution in [0.25, 0.3) is 0 Å². The lowest BCUT2D eigenvalue weighted by Crippen LogP contribution is -2.43. The standard InChI is InChI=1S/C26H34N4O2/c1-3-19-7-10-22(11-8-19)28-26(32)25(31)27-18-24(30-14-5-4-6-15-30)20-9-12-23-21(17-20)13-16-29(23)2/h7-12,17,24H,3-6,13-16,18H2,1-2H3,(H,27,31)(H,28,32)/t24-/m1/s1. The molecule has 6 heteroatoms. The Kier molecular flexibility index (Phi) is 7.10. The van der Waals surface area contributed by atoms with E-state index in [0.717, 1.165) is 32.5 Å². The molecule has 32 heavy (non-hydrogen) atoms. The van der Waals surface area contributed by atoms with Gasteiger partial charge in [0.05, 0.1) is 6.04 Å². The molecule has 6 nitrogen and oxygen atoms in total. The zero-order chi connectivity index (χ0) is 22.5. The number of nitrogens with one attached hydrogen (secondary N) is 2. The van der Waals surface area contributed by atoms with Crippen LogP contribution < -0.4 is 15.5 Å². The Hall–Kier alpha value is -2.86. The summed E-state index contributed by atoms with van der Waals surface area (Å²) in [7, 11) is 2.13. The molecule has 4 rings (SSSR count). The van der Waals surface area contributed by atoms with E-state index in [1.54, 1.807) is 0 Å². The molecular weight excluding hydrogens is 400 g/mol. The van der Waals surface area contributed by atoms with Gasteiger partial charge in [0.15, 0.2) is 0 Å². The highest BCUT2D eigenvalue weighted by atomic mass is 16.2. The van der Waals surface area contributed by atoms with Crippen LogP contribution in [0, 0.1) is 0 Å². The monoisotopic (exact) mass is 434 g/mol. The third-order valence-electron chi connectivity index (χ3n) is 6.73. The van der Waals surface area contributed by atoms with Crippen LogP contribution in [-0.2, 0) is 22.4 Å². The Morgan fingerprint density at radius 1 is 0.969 bits per heavy atom. The predicted molar refractivity (Wildman–Crippen MR) is 129 cm³/mol. The number of benzene rings is 2. The average Bonchev–Trinajstić information content (AvgIpc) is 3.20. The van der Waals surface area contributed by atoms with Gasteiger partial charge in [0.2, 0.25) is 0 Å². The number of carbonyl (C=O) groups is 2. The van der Waals surface area contributed by atoms with Crippen LogP contribution in [0.2, 0.25) is 0 Å². The fraction of sp³-hybridized carbons (Fsp3) is 0.462. The Morgan fingerprint density at radius 3 is 2.44 bits per heavy atom. The van der Waals surface area contributed by atoms with Gasteiger partial charge in [0.1, 0.15) is 0 Å². The van der Waals surface area contributed by atoms with E-state index in [1.165, 1.54) is 41.6 Å². The average molecular weight is 435 g/mol. The third kappa shape index (κ3) is 5.13. The maximum atomic E-state index is 12.6. The zero-order valence-corrected chi connectivity index (χ0v) is 19.2. The van der Waals surface area contributed by atoms with Crippen molar-refractivity contribution in [2.75, 3.05) is 43.4 Å². The van der Waals surface area contributed by atoms with Crippen molar-refractivity contribution >= 4 is 23.2 Å². The molecular formula is C26H34N4O2. The highest BCUT2D eigenvalue weighted by Crippen LogP contribution is 2.32.